The van der Waals surface area contributed by atoms with E-state index in [2.05, 4.69) is 49.9 Å². The Bertz CT molecular complexity index is 826. The largest absolute Gasteiger partial charge is 0.387 e. The monoisotopic (exact) mass is 362 g/mol. The summed E-state index contributed by atoms with van der Waals surface area (Å²) in [6, 6.07) is 16.2. The van der Waals surface area contributed by atoms with Crippen LogP contribution in [0.5, 0.6) is 0 Å². The highest BCUT2D eigenvalue weighted by Crippen LogP contribution is 2.30. The van der Waals surface area contributed by atoms with Crippen LogP contribution in [0.4, 0.5) is 0 Å². The van der Waals surface area contributed by atoms with E-state index in [9.17, 15) is 5.11 Å². The lowest BCUT2D eigenvalue weighted by atomic mass is 9.89. The number of benzene rings is 1. The number of piperidine rings is 1. The van der Waals surface area contributed by atoms with Crippen LogP contribution in [0, 0.1) is 5.92 Å². The number of aliphatic hydroxyl groups excluding tert-OH is 1. The predicted octanol–water partition coefficient (Wildman–Crippen LogP) is 3.27. The molecule has 0 amide bonds. The maximum absolute atomic E-state index is 10.6. The van der Waals surface area contributed by atoms with Crippen molar-refractivity contribution in [3.05, 3.63) is 84.2 Å². The van der Waals surface area contributed by atoms with E-state index in [0.29, 0.717) is 0 Å². The summed E-state index contributed by atoms with van der Waals surface area (Å²) in [6.07, 6.45) is 7.19. The van der Waals surface area contributed by atoms with E-state index >= 15 is 0 Å². The third kappa shape index (κ3) is 4.43. The fraction of sp³-hybridized carbons (Fsp3) is 0.364. The van der Waals surface area contributed by atoms with Crippen molar-refractivity contribution in [3.63, 3.8) is 0 Å². The van der Waals surface area contributed by atoms with Crippen LogP contribution in [-0.2, 0) is 13.1 Å². The fourth-order valence-corrected chi connectivity index (χ4v) is 3.83. The van der Waals surface area contributed by atoms with Gasteiger partial charge in [0.1, 0.15) is 5.82 Å². The van der Waals surface area contributed by atoms with Gasteiger partial charge in [0.15, 0.2) is 0 Å². The molecule has 0 bridgehead atoms. The third-order valence-electron chi connectivity index (χ3n) is 5.43. The SMILES string of the molecule is OC(c1ccccn1)C1CCN(Cc2nccn2Cc2ccccc2)CC1. The number of aromatic nitrogens is 3. The minimum atomic E-state index is -0.464. The molecule has 27 heavy (non-hydrogen) atoms. The Morgan fingerprint density at radius 3 is 2.44 bits per heavy atom. The Morgan fingerprint density at radius 1 is 0.926 bits per heavy atom. The molecule has 0 aliphatic carbocycles. The highest BCUT2D eigenvalue weighted by molar-refractivity contribution is 5.16. The Balaban J connectivity index is 1.33. The van der Waals surface area contributed by atoms with Crippen molar-refractivity contribution in [1.82, 2.24) is 19.4 Å². The molecule has 0 radical (unpaired) electrons. The standard InChI is InChI=1S/C22H26N4O/c27-22(20-8-4-5-11-23-20)19-9-13-25(14-10-19)17-21-24-12-15-26(21)16-18-6-2-1-3-7-18/h1-8,11-12,15,19,22,27H,9-10,13-14,16-17H2. The number of likely N-dealkylation sites (tertiary alicyclic amines) is 1. The van der Waals surface area contributed by atoms with Gasteiger partial charge in [0.25, 0.3) is 0 Å². The first kappa shape index (κ1) is 17.9. The van der Waals surface area contributed by atoms with Gasteiger partial charge in [-0.15, -0.1) is 0 Å². The van der Waals surface area contributed by atoms with Crippen molar-refractivity contribution < 1.29 is 5.11 Å². The van der Waals surface area contributed by atoms with Crippen LogP contribution in [0.3, 0.4) is 0 Å². The van der Waals surface area contributed by atoms with Crippen LogP contribution in [0.1, 0.15) is 36.0 Å². The lowest BCUT2D eigenvalue weighted by molar-refractivity contribution is 0.0530. The summed E-state index contributed by atoms with van der Waals surface area (Å²) in [5, 5.41) is 10.6. The van der Waals surface area contributed by atoms with Gasteiger partial charge < -0.3 is 9.67 Å². The van der Waals surface area contributed by atoms with Crippen LogP contribution in [0.2, 0.25) is 0 Å². The van der Waals surface area contributed by atoms with Crippen LogP contribution in [0.15, 0.2) is 67.1 Å². The summed E-state index contributed by atoms with van der Waals surface area (Å²) in [5.41, 5.74) is 2.07. The van der Waals surface area contributed by atoms with E-state index in [4.69, 9.17) is 0 Å². The van der Waals surface area contributed by atoms with Crippen LogP contribution in [0.25, 0.3) is 0 Å². The maximum Gasteiger partial charge on any atom is 0.123 e. The molecule has 4 rings (SSSR count). The normalized spacial score (nSPS) is 17.1. The quantitative estimate of drug-likeness (QED) is 0.731. The molecule has 1 aliphatic rings. The first-order chi connectivity index (χ1) is 13.3. The Hall–Kier alpha value is -2.50. The summed E-state index contributed by atoms with van der Waals surface area (Å²) in [5.74, 6) is 1.38. The summed E-state index contributed by atoms with van der Waals surface area (Å²) in [7, 11) is 0. The molecule has 3 aromatic rings. The molecule has 1 N–H and O–H groups in total. The Labute approximate surface area is 160 Å². The van der Waals surface area contributed by atoms with Gasteiger partial charge in [-0.3, -0.25) is 9.88 Å². The molecule has 1 atom stereocenters. The van der Waals surface area contributed by atoms with Gasteiger partial charge in [-0.2, -0.15) is 0 Å². The molecule has 0 saturated carbocycles. The Kier molecular flexibility index (Phi) is 5.61. The lowest BCUT2D eigenvalue weighted by Crippen LogP contribution is -2.36. The minimum absolute atomic E-state index is 0.278. The zero-order valence-corrected chi connectivity index (χ0v) is 15.5. The zero-order valence-electron chi connectivity index (χ0n) is 15.5. The summed E-state index contributed by atoms with van der Waals surface area (Å²) >= 11 is 0. The molecular weight excluding hydrogens is 336 g/mol. The zero-order chi connectivity index (χ0) is 18.5. The highest BCUT2D eigenvalue weighted by Gasteiger charge is 2.27. The molecule has 1 saturated heterocycles. The van der Waals surface area contributed by atoms with Crippen LogP contribution < -0.4 is 0 Å². The summed E-state index contributed by atoms with van der Waals surface area (Å²) in [6.45, 7) is 3.66. The molecule has 1 aliphatic heterocycles. The van der Waals surface area contributed by atoms with Crippen LogP contribution in [-0.4, -0.2) is 37.6 Å². The first-order valence-electron chi connectivity index (χ1n) is 9.65. The minimum Gasteiger partial charge on any atom is -0.387 e. The second kappa shape index (κ2) is 8.46. The van der Waals surface area contributed by atoms with Gasteiger partial charge in [0.2, 0.25) is 0 Å². The number of imidazole rings is 1. The molecule has 5 nitrogen and oxygen atoms in total. The molecule has 3 heterocycles. The van der Waals surface area contributed by atoms with Gasteiger partial charge in [-0.25, -0.2) is 4.98 Å². The molecule has 1 unspecified atom stereocenters. The van der Waals surface area contributed by atoms with Gasteiger partial charge in [-0.1, -0.05) is 36.4 Å². The van der Waals surface area contributed by atoms with Crippen molar-refractivity contribution in [3.8, 4) is 0 Å². The number of pyridine rings is 1. The summed E-state index contributed by atoms with van der Waals surface area (Å²) < 4.78 is 2.23. The second-order valence-corrected chi connectivity index (χ2v) is 7.27. The number of nitrogens with zero attached hydrogens (tertiary/aromatic N) is 4. The average Bonchev–Trinajstić information content (AvgIpc) is 3.16. The molecule has 140 valence electrons. The predicted molar refractivity (Wildman–Crippen MR) is 105 cm³/mol. The molecule has 2 aromatic heterocycles. The van der Waals surface area contributed by atoms with E-state index in [1.165, 1.54) is 5.56 Å². The third-order valence-corrected chi connectivity index (χ3v) is 5.43. The number of hydrogen-bond acceptors (Lipinski definition) is 4. The lowest BCUT2D eigenvalue weighted by Gasteiger charge is -2.33. The smallest absolute Gasteiger partial charge is 0.123 e. The topological polar surface area (TPSA) is 54.2 Å². The average molecular weight is 362 g/mol. The molecule has 1 fully saturated rings. The van der Waals surface area contributed by atoms with Crippen molar-refractivity contribution in [2.75, 3.05) is 13.1 Å². The van der Waals surface area contributed by atoms with E-state index < -0.39 is 6.10 Å². The van der Waals surface area contributed by atoms with Crippen molar-refractivity contribution >= 4 is 0 Å². The summed E-state index contributed by atoms with van der Waals surface area (Å²) in [4.78, 5) is 11.3. The van der Waals surface area contributed by atoms with E-state index in [0.717, 1.165) is 50.5 Å². The van der Waals surface area contributed by atoms with Gasteiger partial charge in [0, 0.05) is 25.1 Å². The first-order valence-corrected chi connectivity index (χ1v) is 9.65. The van der Waals surface area contributed by atoms with Crippen molar-refractivity contribution in [2.24, 2.45) is 5.92 Å². The van der Waals surface area contributed by atoms with E-state index in [1.807, 2.05) is 30.5 Å². The van der Waals surface area contributed by atoms with Crippen molar-refractivity contribution in [2.45, 2.75) is 32.0 Å². The van der Waals surface area contributed by atoms with Gasteiger partial charge >= 0.3 is 0 Å². The maximum atomic E-state index is 10.6. The number of rotatable bonds is 6. The Morgan fingerprint density at radius 2 is 1.70 bits per heavy atom. The van der Waals surface area contributed by atoms with Gasteiger partial charge in [0.05, 0.1) is 18.3 Å². The van der Waals surface area contributed by atoms with Crippen molar-refractivity contribution in [1.29, 1.82) is 0 Å². The molecule has 0 spiro atoms. The van der Waals surface area contributed by atoms with E-state index in [1.54, 1.807) is 6.20 Å². The van der Waals surface area contributed by atoms with Gasteiger partial charge in [-0.05, 0) is 49.5 Å². The van der Waals surface area contributed by atoms with Crippen LogP contribution >= 0.6 is 0 Å². The molecular formula is C22H26N4O. The number of hydrogen-bond donors (Lipinski definition) is 1. The second-order valence-electron chi connectivity index (χ2n) is 7.27. The van der Waals surface area contributed by atoms with E-state index in [-0.39, 0.29) is 5.92 Å². The number of aliphatic hydroxyl groups is 1. The highest BCUT2D eigenvalue weighted by atomic mass is 16.3. The molecule has 5 heteroatoms. The molecule has 1 aromatic carbocycles. The fourth-order valence-electron chi connectivity index (χ4n) is 3.83.